The Morgan fingerprint density at radius 2 is 1.97 bits per heavy atom. The van der Waals surface area contributed by atoms with Crippen LogP contribution in [0.15, 0.2) is 41.0 Å². The van der Waals surface area contributed by atoms with Crippen LogP contribution in [-0.4, -0.2) is 70.0 Å². The number of nitrogens with two attached hydrogens (primary N) is 1. The third-order valence-electron chi connectivity index (χ3n) is 5.78. The average Bonchev–Trinajstić information content (AvgIpc) is 3.51. The number of nitrogens with zero attached hydrogens (tertiary/aromatic N) is 6. The first-order valence-electron chi connectivity index (χ1n) is 10.8. The van der Waals surface area contributed by atoms with Gasteiger partial charge in [-0.05, 0) is 24.3 Å². The molecule has 0 amide bonds. The van der Waals surface area contributed by atoms with Crippen molar-refractivity contribution in [1.82, 2.24) is 24.5 Å². The zero-order chi connectivity index (χ0) is 23.7. The number of aromatic nitrogens is 4. The standard InChI is InChI=1S/C22H23F2N9O/c23-14-3-4-17(16(24)12-14)32-9-7-31(8-10-32)6-5-27-19-15(13-25)21-28-20(18-2-1-11-34-18)30-33(21)22(26)29-19/h1-4,11-13,25,27H,5-10H2,(H2,26,29). The minimum absolute atomic E-state index is 0.142. The summed E-state index contributed by atoms with van der Waals surface area (Å²) in [6, 6.07) is 7.15. The van der Waals surface area contributed by atoms with Gasteiger partial charge in [-0.2, -0.15) is 9.50 Å². The van der Waals surface area contributed by atoms with Gasteiger partial charge in [0.05, 0.1) is 17.5 Å². The van der Waals surface area contributed by atoms with Crippen LogP contribution in [0.1, 0.15) is 5.56 Å². The van der Waals surface area contributed by atoms with E-state index in [1.165, 1.54) is 29.1 Å². The molecule has 0 saturated carbocycles. The summed E-state index contributed by atoms with van der Waals surface area (Å²) in [6.45, 7) is 4.03. The molecule has 1 fully saturated rings. The molecule has 5 rings (SSSR count). The van der Waals surface area contributed by atoms with Gasteiger partial charge in [0, 0.05) is 51.5 Å². The number of furan rings is 1. The van der Waals surface area contributed by atoms with Crippen LogP contribution in [0.5, 0.6) is 0 Å². The monoisotopic (exact) mass is 467 g/mol. The number of hydrogen-bond acceptors (Lipinski definition) is 9. The van der Waals surface area contributed by atoms with Gasteiger partial charge < -0.3 is 25.8 Å². The Bertz CT molecular complexity index is 1310. The summed E-state index contributed by atoms with van der Waals surface area (Å²) in [4.78, 5) is 13.0. The molecule has 0 aliphatic carbocycles. The van der Waals surface area contributed by atoms with E-state index in [1.54, 1.807) is 12.1 Å². The predicted octanol–water partition coefficient (Wildman–Crippen LogP) is 2.48. The first-order chi connectivity index (χ1) is 16.5. The molecule has 0 bridgehead atoms. The molecule has 1 aliphatic heterocycles. The van der Waals surface area contributed by atoms with Gasteiger partial charge in [-0.15, -0.1) is 5.10 Å². The maximum Gasteiger partial charge on any atom is 0.225 e. The molecule has 10 nitrogen and oxygen atoms in total. The fourth-order valence-corrected chi connectivity index (χ4v) is 4.03. The van der Waals surface area contributed by atoms with E-state index in [9.17, 15) is 8.78 Å². The van der Waals surface area contributed by atoms with Gasteiger partial charge in [0.15, 0.2) is 11.4 Å². The molecule has 12 heteroatoms. The fourth-order valence-electron chi connectivity index (χ4n) is 4.03. The quantitative estimate of drug-likeness (QED) is 0.354. The number of rotatable bonds is 7. The minimum Gasteiger partial charge on any atom is -0.461 e. The molecule has 1 aliphatic rings. The van der Waals surface area contributed by atoms with Crippen LogP contribution in [0.2, 0.25) is 0 Å². The van der Waals surface area contributed by atoms with Crippen LogP contribution in [0.25, 0.3) is 17.2 Å². The Hall–Kier alpha value is -4.06. The number of nitrogens with one attached hydrogen (secondary N) is 2. The second kappa shape index (κ2) is 9.06. The zero-order valence-electron chi connectivity index (χ0n) is 18.2. The molecule has 0 atom stereocenters. The Balaban J connectivity index is 1.23. The summed E-state index contributed by atoms with van der Waals surface area (Å²) in [6.07, 6.45) is 2.70. The van der Waals surface area contributed by atoms with Gasteiger partial charge in [0.25, 0.3) is 0 Å². The van der Waals surface area contributed by atoms with Crippen molar-refractivity contribution in [3.63, 3.8) is 0 Å². The Morgan fingerprint density at radius 1 is 1.15 bits per heavy atom. The van der Waals surface area contributed by atoms with Crippen LogP contribution in [0.3, 0.4) is 0 Å². The van der Waals surface area contributed by atoms with E-state index in [0.29, 0.717) is 60.5 Å². The molecule has 4 aromatic rings. The number of nitrogen functional groups attached to an aromatic ring is 1. The molecular formula is C22H23F2N9O. The zero-order valence-corrected chi connectivity index (χ0v) is 18.2. The van der Waals surface area contributed by atoms with Gasteiger partial charge in [0.2, 0.25) is 11.8 Å². The molecule has 3 aromatic heterocycles. The number of anilines is 3. The Kier molecular flexibility index (Phi) is 5.80. The number of halogens is 2. The second-order valence-electron chi connectivity index (χ2n) is 7.88. The highest BCUT2D eigenvalue weighted by Gasteiger charge is 2.21. The summed E-state index contributed by atoms with van der Waals surface area (Å²) in [5.74, 6) is 0.319. The summed E-state index contributed by atoms with van der Waals surface area (Å²) in [5, 5.41) is 15.4. The van der Waals surface area contributed by atoms with Crippen molar-refractivity contribution in [3.05, 3.63) is 53.8 Å². The molecule has 4 heterocycles. The maximum absolute atomic E-state index is 14.1. The summed E-state index contributed by atoms with van der Waals surface area (Å²) in [7, 11) is 0. The molecule has 1 aromatic carbocycles. The lowest BCUT2D eigenvalue weighted by Gasteiger charge is -2.36. The number of benzene rings is 1. The summed E-state index contributed by atoms with van der Waals surface area (Å²) in [5.41, 5.74) is 7.39. The third-order valence-corrected chi connectivity index (χ3v) is 5.78. The van der Waals surface area contributed by atoms with Crippen molar-refractivity contribution in [2.45, 2.75) is 0 Å². The van der Waals surface area contributed by atoms with Crippen molar-refractivity contribution in [3.8, 4) is 11.6 Å². The van der Waals surface area contributed by atoms with Gasteiger partial charge in [0.1, 0.15) is 17.5 Å². The van der Waals surface area contributed by atoms with Crippen LogP contribution >= 0.6 is 0 Å². The molecule has 0 spiro atoms. The van der Waals surface area contributed by atoms with Crippen molar-refractivity contribution >= 4 is 29.3 Å². The maximum atomic E-state index is 14.1. The highest BCUT2D eigenvalue weighted by atomic mass is 19.1. The highest BCUT2D eigenvalue weighted by molar-refractivity contribution is 5.93. The van der Waals surface area contributed by atoms with Crippen molar-refractivity contribution < 1.29 is 13.2 Å². The van der Waals surface area contributed by atoms with Gasteiger partial charge in [-0.25, -0.2) is 13.8 Å². The SMILES string of the molecule is N=Cc1c(NCCN2CCN(c3ccc(F)cc3F)CC2)nc(N)n2nc(-c3ccco3)nc12. The van der Waals surface area contributed by atoms with E-state index >= 15 is 0 Å². The average molecular weight is 467 g/mol. The van der Waals surface area contributed by atoms with Crippen LogP contribution in [0, 0.1) is 17.0 Å². The normalized spacial score (nSPS) is 14.6. The van der Waals surface area contributed by atoms with Crippen LogP contribution in [0.4, 0.5) is 26.2 Å². The lowest BCUT2D eigenvalue weighted by molar-refractivity contribution is 0.266. The second-order valence-corrected chi connectivity index (χ2v) is 7.88. The molecule has 176 valence electrons. The van der Waals surface area contributed by atoms with Gasteiger partial charge in [-0.3, -0.25) is 4.90 Å². The molecule has 4 N–H and O–H groups in total. The Morgan fingerprint density at radius 3 is 2.68 bits per heavy atom. The molecular weight excluding hydrogens is 444 g/mol. The third kappa shape index (κ3) is 4.15. The van der Waals surface area contributed by atoms with Gasteiger partial charge in [-0.1, -0.05) is 0 Å². The summed E-state index contributed by atoms with van der Waals surface area (Å²) >= 11 is 0. The van der Waals surface area contributed by atoms with E-state index in [4.69, 9.17) is 15.6 Å². The first-order valence-corrected chi connectivity index (χ1v) is 10.8. The lowest BCUT2D eigenvalue weighted by atomic mass is 10.2. The topological polar surface area (TPSA) is 125 Å². The molecule has 0 radical (unpaired) electrons. The Labute approximate surface area is 193 Å². The number of hydrogen-bond donors (Lipinski definition) is 3. The smallest absolute Gasteiger partial charge is 0.225 e. The summed E-state index contributed by atoms with van der Waals surface area (Å²) < 4.78 is 34.0. The van der Waals surface area contributed by atoms with E-state index in [-0.39, 0.29) is 5.95 Å². The van der Waals surface area contributed by atoms with E-state index in [2.05, 4.69) is 25.3 Å². The van der Waals surface area contributed by atoms with Crippen molar-refractivity contribution in [2.75, 3.05) is 55.2 Å². The fraction of sp³-hybridized carbons (Fsp3) is 0.273. The van der Waals surface area contributed by atoms with Crippen molar-refractivity contribution in [2.24, 2.45) is 0 Å². The number of fused-ring (bicyclic) bond motifs is 1. The van der Waals surface area contributed by atoms with E-state index < -0.39 is 11.6 Å². The molecule has 34 heavy (non-hydrogen) atoms. The van der Waals surface area contributed by atoms with Crippen LogP contribution < -0.4 is 16.0 Å². The highest BCUT2D eigenvalue weighted by Crippen LogP contribution is 2.24. The molecule has 0 unspecified atom stereocenters. The molecule has 1 saturated heterocycles. The largest absolute Gasteiger partial charge is 0.461 e. The lowest BCUT2D eigenvalue weighted by Crippen LogP contribution is -2.48. The minimum atomic E-state index is -0.578. The van der Waals surface area contributed by atoms with Gasteiger partial charge >= 0.3 is 0 Å². The number of piperazine rings is 1. The van der Waals surface area contributed by atoms with E-state index in [1.807, 2.05) is 4.90 Å². The van der Waals surface area contributed by atoms with Crippen LogP contribution in [-0.2, 0) is 0 Å². The predicted molar refractivity (Wildman–Crippen MR) is 124 cm³/mol. The first kappa shape index (κ1) is 21.8. The van der Waals surface area contributed by atoms with Crippen molar-refractivity contribution in [1.29, 1.82) is 5.41 Å². The van der Waals surface area contributed by atoms with E-state index in [0.717, 1.165) is 19.2 Å².